The molecule has 1 aliphatic rings. The number of aromatic nitrogens is 2. The smallest absolute Gasteiger partial charge is 0.493 e. The average Bonchev–Trinajstić information content (AvgIpc) is 3.26. The van der Waals surface area contributed by atoms with E-state index in [1.807, 2.05) is 0 Å². The summed E-state index contributed by atoms with van der Waals surface area (Å²) in [6, 6.07) is 8.23. The lowest BCUT2D eigenvalue weighted by atomic mass is 10.1. The SMILES string of the molecule is COc1c(F)cc(F)cc1-c1cc(CNC(=O)c2ccccc2OC(F)(F)F)nn1C1CCCCO1. The minimum atomic E-state index is -4.97. The van der Waals surface area contributed by atoms with Crippen molar-refractivity contribution in [1.82, 2.24) is 15.1 Å². The Bertz CT molecular complexity index is 1240. The molecule has 4 rings (SSSR count). The van der Waals surface area contributed by atoms with Crippen LogP contribution in [-0.2, 0) is 11.3 Å². The monoisotopic (exact) mass is 511 g/mol. The number of amides is 1. The largest absolute Gasteiger partial charge is 0.573 e. The van der Waals surface area contributed by atoms with Gasteiger partial charge in [-0.2, -0.15) is 5.10 Å². The van der Waals surface area contributed by atoms with Gasteiger partial charge in [0, 0.05) is 18.2 Å². The molecule has 0 saturated carbocycles. The molecular formula is C24H22F5N3O4. The van der Waals surface area contributed by atoms with Gasteiger partial charge in [-0.3, -0.25) is 4.79 Å². The summed E-state index contributed by atoms with van der Waals surface area (Å²) in [4.78, 5) is 12.6. The number of carbonyl (C=O) groups is 1. The molecule has 36 heavy (non-hydrogen) atoms. The third-order valence-corrected chi connectivity index (χ3v) is 5.49. The number of hydrogen-bond acceptors (Lipinski definition) is 5. The Morgan fingerprint density at radius 2 is 1.97 bits per heavy atom. The zero-order valence-electron chi connectivity index (χ0n) is 19.1. The maximum absolute atomic E-state index is 14.4. The number of ether oxygens (including phenoxy) is 3. The summed E-state index contributed by atoms with van der Waals surface area (Å²) in [5.41, 5.74) is 0.354. The maximum Gasteiger partial charge on any atom is 0.573 e. The minimum absolute atomic E-state index is 0.0955. The third-order valence-electron chi connectivity index (χ3n) is 5.49. The number of halogens is 5. The van der Waals surface area contributed by atoms with Crippen LogP contribution in [0.5, 0.6) is 11.5 Å². The van der Waals surface area contributed by atoms with Crippen molar-refractivity contribution in [3.05, 3.63) is 65.4 Å². The van der Waals surface area contributed by atoms with E-state index >= 15 is 0 Å². The van der Waals surface area contributed by atoms with Gasteiger partial charge < -0.3 is 19.5 Å². The van der Waals surface area contributed by atoms with Crippen LogP contribution in [-0.4, -0.2) is 35.8 Å². The fourth-order valence-corrected chi connectivity index (χ4v) is 3.96. The molecule has 1 unspecified atom stereocenters. The van der Waals surface area contributed by atoms with Crippen LogP contribution < -0.4 is 14.8 Å². The van der Waals surface area contributed by atoms with Crippen molar-refractivity contribution in [3.8, 4) is 22.8 Å². The molecule has 1 aliphatic heterocycles. The molecule has 0 radical (unpaired) electrons. The molecular weight excluding hydrogens is 489 g/mol. The molecule has 3 aromatic rings. The summed E-state index contributed by atoms with van der Waals surface area (Å²) in [6.45, 7) is 0.284. The Morgan fingerprint density at radius 3 is 2.67 bits per heavy atom. The average molecular weight is 511 g/mol. The van der Waals surface area contributed by atoms with Crippen LogP contribution in [0.15, 0.2) is 42.5 Å². The van der Waals surface area contributed by atoms with Crippen molar-refractivity contribution in [3.63, 3.8) is 0 Å². The number of alkyl halides is 3. The predicted molar refractivity (Wildman–Crippen MR) is 117 cm³/mol. The van der Waals surface area contributed by atoms with Crippen LogP contribution in [0.1, 0.15) is 41.5 Å². The van der Waals surface area contributed by atoms with Crippen LogP contribution >= 0.6 is 0 Å². The quantitative estimate of drug-likeness (QED) is 0.432. The first-order valence-electron chi connectivity index (χ1n) is 11.0. The molecule has 1 saturated heterocycles. The summed E-state index contributed by atoms with van der Waals surface area (Å²) in [7, 11) is 1.25. The highest BCUT2D eigenvalue weighted by Crippen LogP contribution is 2.37. The van der Waals surface area contributed by atoms with Gasteiger partial charge in [-0.15, -0.1) is 13.2 Å². The van der Waals surface area contributed by atoms with Crippen LogP contribution in [0.4, 0.5) is 22.0 Å². The number of para-hydroxylation sites is 1. The lowest BCUT2D eigenvalue weighted by Crippen LogP contribution is -2.26. The first-order chi connectivity index (χ1) is 17.2. The molecule has 192 valence electrons. The Balaban J connectivity index is 1.64. The van der Waals surface area contributed by atoms with E-state index in [9.17, 15) is 26.7 Å². The maximum atomic E-state index is 14.4. The molecule has 1 atom stereocenters. The van der Waals surface area contributed by atoms with Crippen LogP contribution in [0.2, 0.25) is 0 Å². The lowest BCUT2D eigenvalue weighted by Gasteiger charge is -2.25. The highest BCUT2D eigenvalue weighted by atomic mass is 19.4. The molecule has 0 aliphatic carbocycles. The van der Waals surface area contributed by atoms with Gasteiger partial charge in [-0.1, -0.05) is 12.1 Å². The van der Waals surface area contributed by atoms with Crippen molar-refractivity contribution >= 4 is 5.91 Å². The Kier molecular flexibility index (Phi) is 7.43. The van der Waals surface area contributed by atoms with Gasteiger partial charge >= 0.3 is 6.36 Å². The summed E-state index contributed by atoms with van der Waals surface area (Å²) >= 11 is 0. The van der Waals surface area contributed by atoms with Crippen molar-refractivity contribution in [1.29, 1.82) is 0 Å². The van der Waals surface area contributed by atoms with E-state index < -0.39 is 35.9 Å². The van der Waals surface area contributed by atoms with Crippen molar-refractivity contribution in [2.24, 2.45) is 0 Å². The summed E-state index contributed by atoms with van der Waals surface area (Å²) < 4.78 is 82.9. The zero-order valence-corrected chi connectivity index (χ0v) is 19.1. The normalized spacial score (nSPS) is 16.0. The molecule has 2 aromatic carbocycles. The van der Waals surface area contributed by atoms with E-state index in [2.05, 4.69) is 15.2 Å². The molecule has 2 heterocycles. The van der Waals surface area contributed by atoms with E-state index in [0.717, 1.165) is 25.0 Å². The Labute approximate surface area is 202 Å². The number of benzene rings is 2. The highest BCUT2D eigenvalue weighted by Gasteiger charge is 2.33. The van der Waals surface area contributed by atoms with Crippen LogP contribution in [0.3, 0.4) is 0 Å². The second-order valence-electron chi connectivity index (χ2n) is 7.98. The van der Waals surface area contributed by atoms with Gasteiger partial charge in [-0.05, 0) is 43.5 Å². The second-order valence-corrected chi connectivity index (χ2v) is 7.98. The topological polar surface area (TPSA) is 74.6 Å². The molecule has 1 amide bonds. The number of carbonyl (C=O) groups excluding carboxylic acids is 1. The predicted octanol–water partition coefficient (Wildman–Crippen LogP) is 5.36. The molecule has 7 nitrogen and oxygen atoms in total. The molecule has 1 N–H and O–H groups in total. The molecule has 1 aromatic heterocycles. The van der Waals surface area contributed by atoms with E-state index in [1.54, 1.807) is 0 Å². The Morgan fingerprint density at radius 1 is 1.19 bits per heavy atom. The fourth-order valence-electron chi connectivity index (χ4n) is 3.96. The van der Waals surface area contributed by atoms with Crippen molar-refractivity contribution in [2.75, 3.05) is 13.7 Å². The van der Waals surface area contributed by atoms with Gasteiger partial charge in [0.1, 0.15) is 11.6 Å². The Hall–Kier alpha value is -3.67. The standard InChI is InChI=1S/C24H22F5N3O4/c1-34-22-17(10-14(25)11-18(22)26)19-12-15(31-32(19)21-8-4-5-9-35-21)13-30-23(33)16-6-2-3-7-20(16)36-24(27,28)29/h2-3,6-7,10-12,21H,4-5,8-9,13H2,1H3,(H,30,33). The molecule has 1 fully saturated rings. The van der Waals surface area contributed by atoms with Crippen LogP contribution in [0, 0.1) is 11.6 Å². The van der Waals surface area contributed by atoms with E-state index in [-0.39, 0.29) is 29.1 Å². The molecule has 0 bridgehead atoms. The summed E-state index contributed by atoms with van der Waals surface area (Å²) in [6.07, 6.45) is -3.18. The number of rotatable bonds is 7. The number of methoxy groups -OCH3 is 1. The first-order valence-corrected chi connectivity index (χ1v) is 11.0. The number of nitrogens with one attached hydrogen (secondary N) is 1. The lowest BCUT2D eigenvalue weighted by molar-refractivity contribution is -0.274. The van der Waals surface area contributed by atoms with E-state index in [0.29, 0.717) is 24.8 Å². The molecule has 0 spiro atoms. The van der Waals surface area contributed by atoms with Crippen molar-refractivity contribution in [2.45, 2.75) is 38.4 Å². The third kappa shape index (κ3) is 5.76. The van der Waals surface area contributed by atoms with Gasteiger partial charge in [-0.25, -0.2) is 13.5 Å². The first kappa shape index (κ1) is 25.4. The summed E-state index contributed by atoms with van der Waals surface area (Å²) in [5.74, 6) is -3.39. The van der Waals surface area contributed by atoms with E-state index in [1.165, 1.54) is 36.1 Å². The van der Waals surface area contributed by atoms with Gasteiger partial charge in [0.15, 0.2) is 17.8 Å². The number of nitrogens with zero attached hydrogens (tertiary/aromatic N) is 2. The molecule has 12 heteroatoms. The van der Waals surface area contributed by atoms with Crippen LogP contribution in [0.25, 0.3) is 11.3 Å². The highest BCUT2D eigenvalue weighted by molar-refractivity contribution is 5.96. The van der Waals surface area contributed by atoms with Crippen molar-refractivity contribution < 1.29 is 41.0 Å². The fraction of sp³-hybridized carbons (Fsp3) is 0.333. The van der Waals surface area contributed by atoms with Gasteiger partial charge in [0.05, 0.1) is 30.6 Å². The summed E-state index contributed by atoms with van der Waals surface area (Å²) in [5, 5.41) is 6.96. The van der Waals surface area contributed by atoms with Gasteiger partial charge in [0.2, 0.25) is 0 Å². The number of hydrogen-bond donors (Lipinski definition) is 1. The second kappa shape index (κ2) is 10.5. The zero-order chi connectivity index (χ0) is 25.9. The minimum Gasteiger partial charge on any atom is -0.493 e. The van der Waals surface area contributed by atoms with E-state index in [4.69, 9.17) is 9.47 Å². The van der Waals surface area contributed by atoms with Gasteiger partial charge in [0.25, 0.3) is 5.91 Å².